The molecule has 0 aromatic heterocycles. The second kappa shape index (κ2) is 8.86. The molecule has 1 aromatic rings. The fraction of sp³-hybridized carbons (Fsp3) is 0.542. The van der Waals surface area contributed by atoms with Crippen LogP contribution in [0.3, 0.4) is 0 Å². The van der Waals surface area contributed by atoms with Crippen LogP contribution in [0.15, 0.2) is 30.0 Å². The summed E-state index contributed by atoms with van der Waals surface area (Å²) in [5.41, 5.74) is -0.157. The number of aromatic hydroxyl groups is 1. The van der Waals surface area contributed by atoms with Crippen molar-refractivity contribution >= 4 is 11.6 Å². The molecule has 1 aromatic carbocycles. The first-order chi connectivity index (χ1) is 16.0. The monoisotopic (exact) mass is 475 g/mol. The summed E-state index contributed by atoms with van der Waals surface area (Å²) < 4.78 is 11.7. The SMILES string of the molecule is C/C=C/C1=CN2C(=O)c3cc(O[C@@H]4O[C@@H](C)[C@H](NC)[C@@](C)(O)[C@H]4O)c(C)c(O)c3NC(O)[C@@H]2C1. The minimum absolute atomic E-state index is 0.107. The van der Waals surface area contributed by atoms with Crippen LogP contribution in [0.1, 0.15) is 43.1 Å². The Balaban J connectivity index is 1.70. The highest BCUT2D eigenvalue weighted by molar-refractivity contribution is 6.03. The van der Waals surface area contributed by atoms with Crippen LogP contribution in [-0.4, -0.2) is 80.7 Å². The molecule has 4 rings (SSSR count). The van der Waals surface area contributed by atoms with Gasteiger partial charge in [0.05, 0.1) is 29.4 Å². The van der Waals surface area contributed by atoms with Gasteiger partial charge in [0.25, 0.3) is 5.91 Å². The van der Waals surface area contributed by atoms with Gasteiger partial charge in [0, 0.05) is 11.8 Å². The first-order valence-corrected chi connectivity index (χ1v) is 11.4. The van der Waals surface area contributed by atoms with Gasteiger partial charge >= 0.3 is 0 Å². The molecule has 0 aliphatic carbocycles. The molecule has 10 nitrogen and oxygen atoms in total. The summed E-state index contributed by atoms with van der Waals surface area (Å²) in [5.74, 6) is -0.549. The minimum atomic E-state index is -1.56. The van der Waals surface area contributed by atoms with Gasteiger partial charge in [-0.1, -0.05) is 12.2 Å². The number of aliphatic hydroxyl groups is 3. The zero-order valence-corrected chi connectivity index (χ0v) is 19.9. The van der Waals surface area contributed by atoms with E-state index in [0.29, 0.717) is 6.42 Å². The van der Waals surface area contributed by atoms with E-state index in [1.807, 2.05) is 19.1 Å². The lowest BCUT2D eigenvalue weighted by atomic mass is 9.84. The summed E-state index contributed by atoms with van der Waals surface area (Å²) in [4.78, 5) is 14.9. The number of hydrogen-bond acceptors (Lipinski definition) is 9. The van der Waals surface area contributed by atoms with E-state index in [-0.39, 0.29) is 28.3 Å². The zero-order chi connectivity index (χ0) is 24.9. The highest BCUT2D eigenvalue weighted by atomic mass is 16.7. The Morgan fingerprint density at radius 2 is 2.09 bits per heavy atom. The average molecular weight is 476 g/mol. The molecule has 3 aliphatic heterocycles. The van der Waals surface area contributed by atoms with Crippen molar-refractivity contribution in [1.82, 2.24) is 10.2 Å². The van der Waals surface area contributed by atoms with Gasteiger partial charge in [0.1, 0.15) is 29.4 Å². The Hall–Kier alpha value is -2.63. The van der Waals surface area contributed by atoms with E-state index in [0.717, 1.165) is 5.57 Å². The van der Waals surface area contributed by atoms with Gasteiger partial charge in [0.15, 0.2) is 0 Å². The van der Waals surface area contributed by atoms with Gasteiger partial charge in [0.2, 0.25) is 6.29 Å². The number of carbonyl (C=O) groups is 1. The number of allylic oxidation sites excluding steroid dienone is 2. The Labute approximate surface area is 198 Å². The first kappa shape index (κ1) is 24.5. The number of fused-ring (bicyclic) bond motifs is 2. The summed E-state index contributed by atoms with van der Waals surface area (Å²) in [6.07, 6.45) is 1.64. The van der Waals surface area contributed by atoms with E-state index >= 15 is 0 Å². The molecular weight excluding hydrogens is 442 g/mol. The molecule has 6 N–H and O–H groups in total. The number of likely N-dealkylation sites (N-methyl/N-ethyl adjacent to an activating group) is 1. The average Bonchev–Trinajstić information content (AvgIpc) is 3.17. The van der Waals surface area contributed by atoms with Crippen molar-refractivity contribution in [1.29, 1.82) is 0 Å². The number of nitrogens with one attached hydrogen (secondary N) is 2. The van der Waals surface area contributed by atoms with E-state index in [2.05, 4.69) is 10.6 Å². The van der Waals surface area contributed by atoms with Crippen LogP contribution in [0.5, 0.6) is 11.5 Å². The molecule has 1 fully saturated rings. The predicted octanol–water partition coefficient (Wildman–Crippen LogP) is 0.943. The summed E-state index contributed by atoms with van der Waals surface area (Å²) in [7, 11) is 1.66. The van der Waals surface area contributed by atoms with Crippen molar-refractivity contribution < 1.29 is 34.7 Å². The molecule has 0 bridgehead atoms. The van der Waals surface area contributed by atoms with E-state index in [9.17, 15) is 25.2 Å². The number of rotatable bonds is 4. The molecule has 0 radical (unpaired) electrons. The fourth-order valence-corrected chi connectivity index (χ4v) is 5.07. The summed E-state index contributed by atoms with van der Waals surface area (Å²) in [6, 6.07) is 0.380. The first-order valence-electron chi connectivity index (χ1n) is 11.4. The number of phenols is 1. The van der Waals surface area contributed by atoms with Gasteiger partial charge in [-0.2, -0.15) is 0 Å². The van der Waals surface area contributed by atoms with Crippen molar-refractivity contribution in [3.8, 4) is 11.5 Å². The van der Waals surface area contributed by atoms with Gasteiger partial charge in [-0.15, -0.1) is 0 Å². The number of hydrogen-bond donors (Lipinski definition) is 6. The van der Waals surface area contributed by atoms with E-state index in [1.54, 1.807) is 27.1 Å². The van der Waals surface area contributed by atoms with Gasteiger partial charge in [-0.05, 0) is 52.8 Å². The topological polar surface area (TPSA) is 144 Å². The largest absolute Gasteiger partial charge is 0.505 e. The van der Waals surface area contributed by atoms with Crippen LogP contribution in [0.2, 0.25) is 0 Å². The molecule has 3 heterocycles. The van der Waals surface area contributed by atoms with Gasteiger partial charge in [-0.25, -0.2) is 0 Å². The second-order valence-corrected chi connectivity index (χ2v) is 9.31. The summed E-state index contributed by atoms with van der Waals surface area (Å²) in [6.45, 7) is 6.70. The molecule has 7 atom stereocenters. The molecule has 1 unspecified atom stereocenters. The maximum atomic E-state index is 13.4. The molecule has 1 amide bonds. The molecule has 0 spiro atoms. The highest BCUT2D eigenvalue weighted by Gasteiger charge is 2.52. The third kappa shape index (κ3) is 3.85. The fourth-order valence-electron chi connectivity index (χ4n) is 5.07. The number of phenolic OH excluding ortho intramolecular Hbond substituents is 1. The lowest BCUT2D eigenvalue weighted by Gasteiger charge is -2.47. The van der Waals surface area contributed by atoms with Crippen LogP contribution in [0.25, 0.3) is 0 Å². The van der Waals surface area contributed by atoms with Gasteiger partial charge in [-0.3, -0.25) is 4.79 Å². The van der Waals surface area contributed by atoms with Crippen molar-refractivity contribution in [2.24, 2.45) is 0 Å². The quantitative estimate of drug-likeness (QED) is 0.351. The minimum Gasteiger partial charge on any atom is -0.505 e. The Morgan fingerprint density at radius 3 is 2.74 bits per heavy atom. The zero-order valence-electron chi connectivity index (χ0n) is 19.9. The maximum Gasteiger partial charge on any atom is 0.260 e. The van der Waals surface area contributed by atoms with Crippen LogP contribution >= 0.6 is 0 Å². The van der Waals surface area contributed by atoms with Crippen molar-refractivity contribution in [3.05, 3.63) is 41.1 Å². The molecule has 3 aliphatic rings. The number of nitrogens with zero attached hydrogens (tertiary/aromatic N) is 1. The van der Waals surface area contributed by atoms with Crippen LogP contribution in [-0.2, 0) is 4.74 Å². The van der Waals surface area contributed by atoms with Crippen LogP contribution < -0.4 is 15.4 Å². The van der Waals surface area contributed by atoms with E-state index in [4.69, 9.17) is 9.47 Å². The van der Waals surface area contributed by atoms with Crippen LogP contribution in [0, 0.1) is 6.92 Å². The highest BCUT2D eigenvalue weighted by Crippen LogP contribution is 2.43. The number of amides is 1. The molecular formula is C24H33N3O7. The predicted molar refractivity (Wildman–Crippen MR) is 124 cm³/mol. The van der Waals surface area contributed by atoms with Crippen molar-refractivity contribution in [3.63, 3.8) is 0 Å². The standard InChI is InChI=1S/C24H33N3O7/c1-6-7-13-8-15-21(30)26-17-14(22(31)27(15)10-13)9-16(11(2)18(17)28)34-23-20(29)24(4,32)19(25-5)12(3)33-23/h6-7,9-10,12,15,19-21,23,25-26,28-30,32H,8H2,1-5H3/b7-6+/t12-,15-,19-,20-,21?,23-,24+/m0/s1. The molecule has 186 valence electrons. The summed E-state index contributed by atoms with van der Waals surface area (Å²) in [5, 5.41) is 49.1. The lowest BCUT2D eigenvalue weighted by molar-refractivity contribution is -0.272. The third-order valence-electron chi connectivity index (χ3n) is 6.97. The third-order valence-corrected chi connectivity index (χ3v) is 6.97. The Morgan fingerprint density at radius 1 is 1.38 bits per heavy atom. The van der Waals surface area contributed by atoms with Crippen molar-refractivity contribution in [2.75, 3.05) is 12.4 Å². The van der Waals surface area contributed by atoms with E-state index < -0.39 is 48.3 Å². The van der Waals surface area contributed by atoms with Crippen molar-refractivity contribution in [2.45, 2.75) is 76.5 Å². The number of ether oxygens (including phenoxy) is 2. The summed E-state index contributed by atoms with van der Waals surface area (Å²) >= 11 is 0. The Bertz CT molecular complexity index is 1040. The maximum absolute atomic E-state index is 13.4. The van der Waals surface area contributed by atoms with Gasteiger partial charge < -0.3 is 45.4 Å². The second-order valence-electron chi connectivity index (χ2n) is 9.31. The molecule has 10 heteroatoms. The molecule has 0 saturated carbocycles. The number of aliphatic hydroxyl groups excluding tert-OH is 2. The molecule has 1 saturated heterocycles. The van der Waals surface area contributed by atoms with Crippen LogP contribution in [0.4, 0.5) is 5.69 Å². The normalized spacial score (nSPS) is 35.5. The smallest absolute Gasteiger partial charge is 0.260 e. The number of anilines is 1. The lowest BCUT2D eigenvalue weighted by Crippen LogP contribution is -2.69. The number of benzene rings is 1. The Kier molecular flexibility index (Phi) is 6.38. The molecule has 34 heavy (non-hydrogen) atoms. The van der Waals surface area contributed by atoms with E-state index in [1.165, 1.54) is 17.9 Å². The number of carbonyl (C=O) groups excluding carboxylic acids is 1.